The lowest BCUT2D eigenvalue weighted by Gasteiger charge is -2.29. The number of carbonyl (C=O) groups excluding carboxylic acids is 2. The highest BCUT2D eigenvalue weighted by molar-refractivity contribution is 6.10. The van der Waals surface area contributed by atoms with Crippen molar-refractivity contribution in [2.24, 2.45) is 0 Å². The summed E-state index contributed by atoms with van der Waals surface area (Å²) in [6.07, 6.45) is -7.74. The van der Waals surface area contributed by atoms with Gasteiger partial charge in [0.15, 0.2) is 5.82 Å². The van der Waals surface area contributed by atoms with E-state index in [1.807, 2.05) is 0 Å². The highest BCUT2D eigenvalue weighted by Gasteiger charge is 2.39. The van der Waals surface area contributed by atoms with Crippen molar-refractivity contribution in [3.05, 3.63) is 29.1 Å². The maximum Gasteiger partial charge on any atom is 0.424 e. The van der Waals surface area contributed by atoms with E-state index in [4.69, 9.17) is 9.47 Å². The van der Waals surface area contributed by atoms with Crippen LogP contribution in [0.15, 0.2) is 12.1 Å². The van der Waals surface area contributed by atoms with Crippen LogP contribution in [0.25, 0.3) is 0 Å². The van der Waals surface area contributed by atoms with Gasteiger partial charge in [0.1, 0.15) is 22.8 Å². The minimum Gasteiger partial charge on any atom is -0.443 e. The van der Waals surface area contributed by atoms with Crippen LogP contribution in [0.4, 0.5) is 32.8 Å². The van der Waals surface area contributed by atoms with Crippen LogP contribution in [0, 0.1) is 17.1 Å². The fourth-order valence-electron chi connectivity index (χ4n) is 1.96. The molecule has 0 fully saturated rings. The van der Waals surface area contributed by atoms with Gasteiger partial charge >= 0.3 is 18.4 Å². The van der Waals surface area contributed by atoms with E-state index in [-0.39, 0.29) is 4.90 Å². The first kappa shape index (κ1) is 23.2. The topological polar surface area (TPSA) is 79.6 Å². The molecule has 1 aromatic carbocycles. The molecule has 0 aromatic heterocycles. The molecule has 0 unspecified atom stereocenters. The predicted octanol–water partition coefficient (Wildman–Crippen LogP) is 5.39. The molecule has 0 aliphatic carbocycles. The number of rotatable bonds is 1. The number of nitriles is 1. The van der Waals surface area contributed by atoms with E-state index in [9.17, 15) is 32.4 Å². The molecule has 0 aliphatic heterocycles. The average Bonchev–Trinajstić information content (AvgIpc) is 2.42. The first-order valence-corrected chi connectivity index (χ1v) is 8.04. The first-order chi connectivity index (χ1) is 12.5. The van der Waals surface area contributed by atoms with Crippen LogP contribution in [0.3, 0.4) is 0 Å². The molecule has 0 N–H and O–H groups in total. The summed E-state index contributed by atoms with van der Waals surface area (Å²) in [6.45, 7) is 8.90. The minimum absolute atomic E-state index is 0.193. The summed E-state index contributed by atoms with van der Waals surface area (Å²) in [7, 11) is 0. The monoisotopic (exact) mass is 404 g/mol. The standard InChI is InChI=1S/C18H20F4N2O4/c1-16(2,3)27-14(25)24(15(26)28-17(4,5)6)12-8-7-11(18(20,21)22)13(19)10(12)9-23/h7-8H,1-6H3. The van der Waals surface area contributed by atoms with E-state index in [0.29, 0.717) is 12.1 Å². The van der Waals surface area contributed by atoms with Crippen molar-refractivity contribution in [2.45, 2.75) is 58.9 Å². The molecule has 6 nitrogen and oxygen atoms in total. The molecule has 0 radical (unpaired) electrons. The third-order valence-electron chi connectivity index (χ3n) is 2.93. The Labute approximate surface area is 159 Å². The molecule has 0 saturated carbocycles. The molecular weight excluding hydrogens is 384 g/mol. The zero-order chi connectivity index (χ0) is 22.1. The van der Waals surface area contributed by atoms with Crippen molar-refractivity contribution < 1.29 is 36.6 Å². The zero-order valence-electron chi connectivity index (χ0n) is 16.2. The van der Waals surface area contributed by atoms with Crippen LogP contribution < -0.4 is 4.90 Å². The Kier molecular flexibility index (Phi) is 6.35. The molecule has 0 aliphatic rings. The Morgan fingerprint density at radius 1 is 0.964 bits per heavy atom. The van der Waals surface area contributed by atoms with Crippen molar-refractivity contribution in [3.8, 4) is 6.07 Å². The fraction of sp³-hybridized carbons (Fsp3) is 0.500. The fourth-order valence-corrected chi connectivity index (χ4v) is 1.96. The summed E-state index contributed by atoms with van der Waals surface area (Å²) in [4.78, 5) is 25.2. The molecule has 0 spiro atoms. The summed E-state index contributed by atoms with van der Waals surface area (Å²) in [5.41, 5.74) is -5.76. The van der Waals surface area contributed by atoms with E-state index >= 15 is 0 Å². The highest BCUT2D eigenvalue weighted by atomic mass is 19.4. The molecular formula is C18H20F4N2O4. The number of benzene rings is 1. The van der Waals surface area contributed by atoms with E-state index in [0.717, 1.165) is 0 Å². The molecule has 2 amide bonds. The Morgan fingerprint density at radius 3 is 1.71 bits per heavy atom. The molecule has 0 heterocycles. The second-order valence-corrected chi connectivity index (χ2v) is 7.73. The number of carbonyl (C=O) groups is 2. The Bertz CT molecular complexity index is 787. The van der Waals surface area contributed by atoms with Crippen LogP contribution in [0.2, 0.25) is 0 Å². The summed E-state index contributed by atoms with van der Waals surface area (Å²) >= 11 is 0. The largest absolute Gasteiger partial charge is 0.443 e. The van der Waals surface area contributed by atoms with Crippen molar-refractivity contribution in [3.63, 3.8) is 0 Å². The quantitative estimate of drug-likeness (QED) is 0.586. The molecule has 28 heavy (non-hydrogen) atoms. The number of halogens is 4. The summed E-state index contributed by atoms with van der Waals surface area (Å²) in [6, 6.07) is 2.22. The van der Waals surface area contributed by atoms with E-state index in [1.54, 1.807) is 0 Å². The van der Waals surface area contributed by atoms with Gasteiger partial charge in [0, 0.05) is 0 Å². The van der Waals surface area contributed by atoms with E-state index in [2.05, 4.69) is 0 Å². The molecule has 0 bridgehead atoms. The van der Waals surface area contributed by atoms with Crippen LogP contribution in [-0.4, -0.2) is 23.4 Å². The van der Waals surface area contributed by atoms with Crippen LogP contribution in [-0.2, 0) is 15.7 Å². The van der Waals surface area contributed by atoms with Gasteiger partial charge in [-0.2, -0.15) is 23.3 Å². The Hall–Kier alpha value is -2.83. The summed E-state index contributed by atoms with van der Waals surface area (Å²) < 4.78 is 63.2. The Morgan fingerprint density at radius 2 is 1.39 bits per heavy atom. The normalized spacial score (nSPS) is 12.2. The zero-order valence-corrected chi connectivity index (χ0v) is 16.2. The first-order valence-electron chi connectivity index (χ1n) is 8.04. The number of imide groups is 1. The van der Waals surface area contributed by atoms with Crippen molar-refractivity contribution in [1.82, 2.24) is 0 Å². The number of nitrogens with zero attached hydrogens (tertiary/aromatic N) is 2. The molecule has 154 valence electrons. The average molecular weight is 404 g/mol. The van der Waals surface area contributed by atoms with E-state index < -0.39 is 52.2 Å². The Balaban J connectivity index is 3.62. The second kappa shape index (κ2) is 7.66. The summed E-state index contributed by atoms with van der Waals surface area (Å²) in [5.74, 6) is -1.91. The number of hydrogen-bond acceptors (Lipinski definition) is 5. The minimum atomic E-state index is -5.07. The lowest BCUT2D eigenvalue weighted by molar-refractivity contribution is -0.140. The van der Waals surface area contributed by atoms with Crippen molar-refractivity contribution in [2.75, 3.05) is 4.90 Å². The lowest BCUT2D eigenvalue weighted by atomic mass is 10.1. The third-order valence-corrected chi connectivity index (χ3v) is 2.93. The third kappa shape index (κ3) is 5.84. The van der Waals surface area contributed by atoms with Crippen molar-refractivity contribution >= 4 is 17.9 Å². The molecule has 0 saturated heterocycles. The molecule has 1 rings (SSSR count). The van der Waals surface area contributed by atoms with Gasteiger partial charge in [-0.15, -0.1) is 0 Å². The second-order valence-electron chi connectivity index (χ2n) is 7.73. The van der Waals surface area contributed by atoms with Gasteiger partial charge in [0.2, 0.25) is 0 Å². The molecule has 0 atom stereocenters. The van der Waals surface area contributed by atoms with Crippen LogP contribution >= 0.6 is 0 Å². The predicted molar refractivity (Wildman–Crippen MR) is 91.1 cm³/mol. The van der Waals surface area contributed by atoms with Gasteiger partial charge in [-0.3, -0.25) is 0 Å². The van der Waals surface area contributed by atoms with Gasteiger partial charge in [-0.25, -0.2) is 14.0 Å². The number of ether oxygens (including phenoxy) is 2. The maximum absolute atomic E-state index is 14.3. The lowest BCUT2D eigenvalue weighted by Crippen LogP contribution is -2.44. The number of hydrogen-bond donors (Lipinski definition) is 0. The van der Waals surface area contributed by atoms with Gasteiger partial charge in [0.05, 0.1) is 11.3 Å². The SMILES string of the molecule is CC(C)(C)OC(=O)N(C(=O)OC(C)(C)C)c1ccc(C(F)(F)F)c(F)c1C#N. The van der Waals surface area contributed by atoms with Gasteiger partial charge in [-0.1, -0.05) is 0 Å². The van der Waals surface area contributed by atoms with Gasteiger partial charge in [-0.05, 0) is 53.7 Å². The smallest absolute Gasteiger partial charge is 0.424 e. The van der Waals surface area contributed by atoms with Gasteiger partial charge in [0.25, 0.3) is 0 Å². The molecule has 10 heteroatoms. The number of anilines is 1. The maximum atomic E-state index is 14.3. The van der Waals surface area contributed by atoms with E-state index in [1.165, 1.54) is 47.6 Å². The molecule has 1 aromatic rings. The van der Waals surface area contributed by atoms with Crippen LogP contribution in [0.1, 0.15) is 52.7 Å². The van der Waals surface area contributed by atoms with Gasteiger partial charge < -0.3 is 9.47 Å². The number of alkyl halides is 3. The van der Waals surface area contributed by atoms with Crippen LogP contribution in [0.5, 0.6) is 0 Å². The highest BCUT2D eigenvalue weighted by Crippen LogP contribution is 2.36. The number of amides is 2. The van der Waals surface area contributed by atoms with Crippen molar-refractivity contribution in [1.29, 1.82) is 5.26 Å². The summed E-state index contributed by atoms with van der Waals surface area (Å²) in [5, 5.41) is 9.18.